The van der Waals surface area contributed by atoms with Crippen LogP contribution < -0.4 is 11.4 Å². The largest absolute Gasteiger partial charge is 0.337 e. The van der Waals surface area contributed by atoms with E-state index in [1.54, 1.807) is 4.90 Å². The van der Waals surface area contributed by atoms with Gasteiger partial charge in [0.25, 0.3) is 5.91 Å². The molecule has 0 aromatic carbocycles. The first-order valence-corrected chi connectivity index (χ1v) is 5.90. The van der Waals surface area contributed by atoms with Gasteiger partial charge >= 0.3 is 5.69 Å². The number of nitrogens with zero attached hydrogens (tertiary/aromatic N) is 1. The van der Waals surface area contributed by atoms with E-state index in [1.165, 1.54) is 6.20 Å². The second-order valence-electron chi connectivity index (χ2n) is 4.67. The number of piperidine rings is 1. The average molecular weight is 238 g/mol. The smallest absolute Gasteiger partial charge is 0.323 e. The van der Waals surface area contributed by atoms with Crippen LogP contribution in [-0.2, 0) is 0 Å². The Bertz CT molecular complexity index is 448. The SMILES string of the molecule is CC(N)C1CCCN(C(=O)c2c[nH]c(=O)[nH]2)C1. The Morgan fingerprint density at radius 3 is 3.00 bits per heavy atom. The molecule has 94 valence electrons. The van der Waals surface area contributed by atoms with Gasteiger partial charge in [-0.3, -0.25) is 4.79 Å². The molecule has 2 atom stereocenters. The third-order valence-corrected chi connectivity index (χ3v) is 3.31. The van der Waals surface area contributed by atoms with Gasteiger partial charge in [0.2, 0.25) is 0 Å². The van der Waals surface area contributed by atoms with E-state index in [1.807, 2.05) is 6.92 Å². The summed E-state index contributed by atoms with van der Waals surface area (Å²) in [5.74, 6) is 0.215. The topological polar surface area (TPSA) is 95.0 Å². The highest BCUT2D eigenvalue weighted by Crippen LogP contribution is 2.19. The molecule has 1 aromatic rings. The molecule has 1 saturated heterocycles. The summed E-state index contributed by atoms with van der Waals surface area (Å²) in [5, 5.41) is 0. The summed E-state index contributed by atoms with van der Waals surface area (Å²) < 4.78 is 0. The lowest BCUT2D eigenvalue weighted by Crippen LogP contribution is -2.45. The molecule has 0 spiro atoms. The second kappa shape index (κ2) is 4.75. The Hall–Kier alpha value is -1.56. The third-order valence-electron chi connectivity index (χ3n) is 3.31. The highest BCUT2D eigenvalue weighted by atomic mass is 16.2. The van der Waals surface area contributed by atoms with Crippen LogP contribution in [0, 0.1) is 5.92 Å². The number of hydrogen-bond donors (Lipinski definition) is 3. The maximum Gasteiger partial charge on any atom is 0.323 e. The predicted molar refractivity (Wildman–Crippen MR) is 63.7 cm³/mol. The number of aromatic nitrogens is 2. The van der Waals surface area contributed by atoms with Gasteiger partial charge in [-0.1, -0.05) is 0 Å². The first-order chi connectivity index (χ1) is 8.08. The summed E-state index contributed by atoms with van der Waals surface area (Å²) in [6.45, 7) is 3.37. The first kappa shape index (κ1) is 11.9. The number of nitrogens with one attached hydrogen (secondary N) is 2. The van der Waals surface area contributed by atoms with Crippen LogP contribution >= 0.6 is 0 Å². The van der Waals surface area contributed by atoms with Crippen LogP contribution in [0.25, 0.3) is 0 Å². The molecule has 1 aliphatic rings. The Balaban J connectivity index is 2.07. The highest BCUT2D eigenvalue weighted by molar-refractivity contribution is 5.92. The van der Waals surface area contributed by atoms with Crippen molar-refractivity contribution >= 4 is 5.91 Å². The fourth-order valence-electron chi connectivity index (χ4n) is 2.24. The van der Waals surface area contributed by atoms with Gasteiger partial charge in [0.05, 0.1) is 0 Å². The molecule has 6 heteroatoms. The van der Waals surface area contributed by atoms with Gasteiger partial charge < -0.3 is 20.6 Å². The van der Waals surface area contributed by atoms with E-state index in [4.69, 9.17) is 5.73 Å². The number of H-pyrrole nitrogens is 2. The zero-order valence-electron chi connectivity index (χ0n) is 9.90. The number of aromatic amines is 2. The minimum atomic E-state index is -0.353. The van der Waals surface area contributed by atoms with Gasteiger partial charge in [-0.25, -0.2) is 4.79 Å². The highest BCUT2D eigenvalue weighted by Gasteiger charge is 2.27. The first-order valence-electron chi connectivity index (χ1n) is 5.90. The zero-order valence-corrected chi connectivity index (χ0v) is 9.90. The maximum atomic E-state index is 12.1. The van der Waals surface area contributed by atoms with Crippen molar-refractivity contribution in [2.45, 2.75) is 25.8 Å². The molecule has 2 heterocycles. The van der Waals surface area contributed by atoms with Crippen LogP contribution in [0.3, 0.4) is 0 Å². The van der Waals surface area contributed by atoms with Crippen molar-refractivity contribution in [3.8, 4) is 0 Å². The lowest BCUT2D eigenvalue weighted by Gasteiger charge is -2.34. The lowest BCUT2D eigenvalue weighted by atomic mass is 9.92. The molecule has 1 aliphatic heterocycles. The zero-order chi connectivity index (χ0) is 12.4. The van der Waals surface area contributed by atoms with Gasteiger partial charge in [-0.2, -0.15) is 0 Å². The number of likely N-dealkylation sites (tertiary alicyclic amines) is 1. The Morgan fingerprint density at radius 1 is 1.65 bits per heavy atom. The van der Waals surface area contributed by atoms with Crippen LogP contribution in [0.2, 0.25) is 0 Å². The Kier molecular flexibility index (Phi) is 3.33. The second-order valence-corrected chi connectivity index (χ2v) is 4.67. The van der Waals surface area contributed by atoms with Crippen LogP contribution in [0.4, 0.5) is 0 Å². The predicted octanol–water partition coefficient (Wildman–Crippen LogP) is -0.0976. The molecule has 17 heavy (non-hydrogen) atoms. The number of carbonyl (C=O) groups is 1. The van der Waals surface area contributed by atoms with E-state index >= 15 is 0 Å². The van der Waals surface area contributed by atoms with Crippen molar-refractivity contribution in [3.05, 3.63) is 22.4 Å². The summed E-state index contributed by atoms with van der Waals surface area (Å²) in [6, 6.07) is 0.0934. The minimum Gasteiger partial charge on any atom is -0.337 e. The van der Waals surface area contributed by atoms with Crippen LogP contribution in [-0.4, -0.2) is 39.9 Å². The third kappa shape index (κ3) is 2.58. The number of amides is 1. The van der Waals surface area contributed by atoms with Crippen LogP contribution in [0.1, 0.15) is 30.3 Å². The molecule has 0 saturated carbocycles. The molecule has 0 bridgehead atoms. The molecule has 0 aliphatic carbocycles. The summed E-state index contributed by atoms with van der Waals surface area (Å²) in [7, 11) is 0. The Labute approximate surface area is 99.2 Å². The van der Waals surface area contributed by atoms with Crippen molar-refractivity contribution < 1.29 is 4.79 Å². The number of imidazole rings is 1. The van der Waals surface area contributed by atoms with Crippen molar-refractivity contribution in [3.63, 3.8) is 0 Å². The number of nitrogens with two attached hydrogens (primary N) is 1. The number of rotatable bonds is 2. The molecule has 0 radical (unpaired) electrons. The van der Waals surface area contributed by atoms with Crippen LogP contribution in [0.15, 0.2) is 11.0 Å². The van der Waals surface area contributed by atoms with E-state index in [9.17, 15) is 9.59 Å². The van der Waals surface area contributed by atoms with Crippen molar-refractivity contribution in [2.75, 3.05) is 13.1 Å². The van der Waals surface area contributed by atoms with Gasteiger partial charge in [0.1, 0.15) is 5.69 Å². The Morgan fingerprint density at radius 2 is 2.41 bits per heavy atom. The molecule has 1 aromatic heterocycles. The maximum absolute atomic E-state index is 12.1. The van der Waals surface area contributed by atoms with Crippen molar-refractivity contribution in [2.24, 2.45) is 11.7 Å². The molecule has 2 rings (SSSR count). The summed E-state index contributed by atoms with van der Waals surface area (Å²) in [5.41, 5.74) is 5.84. The van der Waals surface area contributed by atoms with Crippen LogP contribution in [0.5, 0.6) is 0 Å². The molecule has 6 nitrogen and oxygen atoms in total. The monoisotopic (exact) mass is 238 g/mol. The van der Waals surface area contributed by atoms with E-state index in [-0.39, 0.29) is 17.6 Å². The average Bonchev–Trinajstić information content (AvgIpc) is 2.75. The molecule has 2 unspecified atom stereocenters. The normalized spacial score (nSPS) is 22.5. The fourth-order valence-corrected chi connectivity index (χ4v) is 2.24. The van der Waals surface area contributed by atoms with E-state index in [0.29, 0.717) is 18.2 Å². The summed E-state index contributed by atoms with van der Waals surface area (Å²) in [4.78, 5) is 29.7. The van der Waals surface area contributed by atoms with Gasteiger partial charge in [0.15, 0.2) is 0 Å². The number of carbonyl (C=O) groups excluding carboxylic acids is 1. The fraction of sp³-hybridized carbons (Fsp3) is 0.636. The number of hydrogen-bond acceptors (Lipinski definition) is 3. The van der Waals surface area contributed by atoms with Gasteiger partial charge in [-0.05, 0) is 25.7 Å². The summed E-state index contributed by atoms with van der Waals surface area (Å²) in [6.07, 6.45) is 3.44. The molecule has 4 N–H and O–H groups in total. The van der Waals surface area contributed by atoms with E-state index < -0.39 is 0 Å². The molecule has 1 fully saturated rings. The molecular weight excluding hydrogens is 220 g/mol. The van der Waals surface area contributed by atoms with E-state index in [0.717, 1.165) is 19.4 Å². The van der Waals surface area contributed by atoms with Crippen molar-refractivity contribution in [1.82, 2.24) is 14.9 Å². The van der Waals surface area contributed by atoms with Gasteiger partial charge in [0, 0.05) is 25.3 Å². The van der Waals surface area contributed by atoms with E-state index in [2.05, 4.69) is 9.97 Å². The van der Waals surface area contributed by atoms with Gasteiger partial charge in [-0.15, -0.1) is 0 Å². The molecular formula is C11H18N4O2. The lowest BCUT2D eigenvalue weighted by molar-refractivity contribution is 0.0655. The molecule has 1 amide bonds. The quantitative estimate of drug-likeness (QED) is 0.671. The van der Waals surface area contributed by atoms with Crippen molar-refractivity contribution in [1.29, 1.82) is 0 Å². The minimum absolute atomic E-state index is 0.0934. The standard InChI is InChI=1S/C11H18N4O2/c1-7(12)8-3-2-4-15(6-8)10(16)9-5-13-11(17)14-9/h5,7-8H,2-4,6,12H2,1H3,(H2,13,14,17). The summed E-state index contributed by atoms with van der Waals surface area (Å²) >= 11 is 0.